The number of nitrogens with zero attached hydrogens (tertiary/aromatic N) is 2. The van der Waals surface area contributed by atoms with Crippen LogP contribution < -0.4 is 14.9 Å². The first kappa shape index (κ1) is 25.8. The van der Waals surface area contributed by atoms with Crippen LogP contribution in [0.15, 0.2) is 68.5 Å². The molecule has 0 fully saturated rings. The van der Waals surface area contributed by atoms with Gasteiger partial charge in [0.25, 0.3) is 5.91 Å². The average molecular weight is 611 g/mol. The second-order valence-electron chi connectivity index (χ2n) is 7.09. The van der Waals surface area contributed by atoms with Crippen molar-refractivity contribution in [3.63, 3.8) is 0 Å². The van der Waals surface area contributed by atoms with Crippen LogP contribution in [-0.4, -0.2) is 30.0 Å². The van der Waals surface area contributed by atoms with E-state index in [4.69, 9.17) is 32.7 Å². The van der Waals surface area contributed by atoms with Crippen LogP contribution in [0, 0.1) is 0 Å². The second-order valence-corrected chi connectivity index (χ2v) is 11.0. The average Bonchev–Trinajstić information content (AvgIpc) is 3.26. The van der Waals surface area contributed by atoms with E-state index in [0.717, 1.165) is 20.1 Å². The van der Waals surface area contributed by atoms with Crippen LogP contribution in [0.2, 0.25) is 10.0 Å². The van der Waals surface area contributed by atoms with E-state index in [2.05, 4.69) is 31.4 Å². The summed E-state index contributed by atoms with van der Waals surface area (Å²) in [5.74, 6) is 1.01. The Bertz CT molecular complexity index is 1360. The number of thiazole rings is 1. The van der Waals surface area contributed by atoms with Gasteiger partial charge in [0, 0.05) is 15.6 Å². The largest absolute Gasteiger partial charge is 0.493 e. The Morgan fingerprint density at radius 2 is 2.06 bits per heavy atom. The SMILES string of the molecule is COc1cc(/C=N/NC(=O)CSc2nc3ccccc3s2)cc(Br)c1OCc1ccc(Cl)cc1Cl. The predicted octanol–water partition coefficient (Wildman–Crippen LogP) is 7.20. The van der Waals surface area contributed by atoms with Crippen LogP contribution in [-0.2, 0) is 11.4 Å². The molecule has 0 aliphatic heterocycles. The molecule has 11 heteroatoms. The highest BCUT2D eigenvalue weighted by atomic mass is 79.9. The first-order chi connectivity index (χ1) is 16.9. The molecule has 35 heavy (non-hydrogen) atoms. The normalized spacial score (nSPS) is 11.2. The lowest BCUT2D eigenvalue weighted by molar-refractivity contribution is -0.118. The maximum atomic E-state index is 12.2. The summed E-state index contributed by atoms with van der Waals surface area (Å²) in [4.78, 5) is 16.7. The number of fused-ring (bicyclic) bond motifs is 1. The minimum atomic E-state index is -0.226. The van der Waals surface area contributed by atoms with E-state index in [1.54, 1.807) is 36.6 Å². The molecule has 3 aromatic carbocycles. The fourth-order valence-corrected chi connectivity index (χ4v) is 5.89. The number of para-hydroxylation sites is 1. The van der Waals surface area contributed by atoms with Crippen molar-refractivity contribution < 1.29 is 14.3 Å². The molecule has 0 unspecified atom stereocenters. The monoisotopic (exact) mass is 609 g/mol. The van der Waals surface area contributed by atoms with Gasteiger partial charge in [-0.05, 0) is 57.9 Å². The Morgan fingerprint density at radius 1 is 1.23 bits per heavy atom. The number of rotatable bonds is 9. The summed E-state index contributed by atoms with van der Waals surface area (Å²) in [6.45, 7) is 0.237. The van der Waals surface area contributed by atoms with Crippen LogP contribution in [0.4, 0.5) is 0 Å². The van der Waals surface area contributed by atoms with Gasteiger partial charge in [-0.3, -0.25) is 4.79 Å². The molecular formula is C24H18BrCl2N3O3S2. The molecule has 6 nitrogen and oxygen atoms in total. The zero-order valence-electron chi connectivity index (χ0n) is 18.3. The van der Waals surface area contributed by atoms with E-state index in [9.17, 15) is 4.79 Å². The molecule has 0 radical (unpaired) electrons. The maximum Gasteiger partial charge on any atom is 0.250 e. The number of methoxy groups -OCH3 is 1. The van der Waals surface area contributed by atoms with Gasteiger partial charge in [-0.1, -0.05) is 53.2 Å². The smallest absolute Gasteiger partial charge is 0.250 e. The van der Waals surface area contributed by atoms with Crippen molar-refractivity contribution in [3.8, 4) is 11.5 Å². The fraction of sp³-hybridized carbons (Fsp3) is 0.125. The van der Waals surface area contributed by atoms with Crippen molar-refractivity contribution in [2.75, 3.05) is 12.9 Å². The number of aromatic nitrogens is 1. The molecule has 0 aliphatic rings. The Balaban J connectivity index is 1.34. The van der Waals surface area contributed by atoms with E-state index >= 15 is 0 Å². The summed E-state index contributed by atoms with van der Waals surface area (Å²) in [5.41, 5.74) is 4.98. The molecular weight excluding hydrogens is 593 g/mol. The number of halogens is 3. The van der Waals surface area contributed by atoms with Crippen molar-refractivity contribution in [1.29, 1.82) is 0 Å². The first-order valence-corrected chi connectivity index (χ1v) is 13.5. The third-order valence-corrected chi connectivity index (χ3v) is 8.00. The summed E-state index contributed by atoms with van der Waals surface area (Å²) in [5, 5.41) is 5.13. The number of hydrogen-bond donors (Lipinski definition) is 1. The van der Waals surface area contributed by atoms with Gasteiger partial charge in [-0.25, -0.2) is 10.4 Å². The lowest BCUT2D eigenvalue weighted by Crippen LogP contribution is -2.19. The molecule has 1 heterocycles. The number of thioether (sulfide) groups is 1. The molecule has 0 atom stereocenters. The van der Waals surface area contributed by atoms with Gasteiger partial charge in [0.15, 0.2) is 15.8 Å². The minimum Gasteiger partial charge on any atom is -0.493 e. The number of ether oxygens (including phenoxy) is 2. The molecule has 1 amide bonds. The lowest BCUT2D eigenvalue weighted by Gasteiger charge is -2.14. The van der Waals surface area contributed by atoms with E-state index in [1.807, 2.05) is 36.4 Å². The van der Waals surface area contributed by atoms with Crippen molar-refractivity contribution in [2.24, 2.45) is 5.10 Å². The molecule has 4 aromatic rings. The van der Waals surface area contributed by atoms with Crippen LogP contribution in [0.25, 0.3) is 10.2 Å². The quantitative estimate of drug-likeness (QED) is 0.123. The topological polar surface area (TPSA) is 72.8 Å². The lowest BCUT2D eigenvalue weighted by atomic mass is 10.2. The first-order valence-electron chi connectivity index (χ1n) is 10.2. The molecule has 1 N–H and O–H groups in total. The molecule has 0 saturated carbocycles. The number of amides is 1. The highest BCUT2D eigenvalue weighted by Crippen LogP contribution is 2.37. The van der Waals surface area contributed by atoms with E-state index in [-0.39, 0.29) is 18.3 Å². The van der Waals surface area contributed by atoms with Gasteiger partial charge in [-0.2, -0.15) is 5.10 Å². The second kappa shape index (κ2) is 12.1. The Kier molecular flexibility index (Phi) is 8.91. The van der Waals surface area contributed by atoms with Crippen LogP contribution >= 0.6 is 62.2 Å². The molecule has 180 valence electrons. The highest BCUT2D eigenvalue weighted by molar-refractivity contribution is 9.10. The summed E-state index contributed by atoms with van der Waals surface area (Å²) in [6.07, 6.45) is 1.54. The highest BCUT2D eigenvalue weighted by Gasteiger charge is 2.13. The van der Waals surface area contributed by atoms with E-state index < -0.39 is 0 Å². The predicted molar refractivity (Wildman–Crippen MR) is 148 cm³/mol. The third kappa shape index (κ3) is 6.89. The van der Waals surface area contributed by atoms with Gasteiger partial charge in [-0.15, -0.1) is 11.3 Å². The zero-order valence-corrected chi connectivity index (χ0v) is 23.0. The Morgan fingerprint density at radius 3 is 2.83 bits per heavy atom. The third-order valence-electron chi connectivity index (χ3n) is 4.64. The molecule has 0 bridgehead atoms. The van der Waals surface area contributed by atoms with E-state index in [1.165, 1.54) is 18.0 Å². The van der Waals surface area contributed by atoms with Crippen molar-refractivity contribution in [1.82, 2.24) is 10.4 Å². The molecule has 1 aromatic heterocycles. The number of nitrogens with one attached hydrogen (secondary N) is 1. The van der Waals surface area contributed by atoms with Gasteiger partial charge in [0.1, 0.15) is 6.61 Å². The Labute approximate surface area is 228 Å². The summed E-state index contributed by atoms with van der Waals surface area (Å²) in [7, 11) is 1.55. The minimum absolute atomic E-state index is 0.213. The van der Waals surface area contributed by atoms with Gasteiger partial charge in [0.05, 0.1) is 33.8 Å². The van der Waals surface area contributed by atoms with Gasteiger partial charge < -0.3 is 9.47 Å². The van der Waals surface area contributed by atoms with Crippen LogP contribution in [0.5, 0.6) is 11.5 Å². The van der Waals surface area contributed by atoms with Gasteiger partial charge >= 0.3 is 0 Å². The molecule has 0 spiro atoms. The fourth-order valence-electron chi connectivity index (χ4n) is 2.99. The van der Waals surface area contributed by atoms with Crippen LogP contribution in [0.3, 0.4) is 0 Å². The summed E-state index contributed by atoms with van der Waals surface area (Å²) < 4.78 is 14.0. The van der Waals surface area contributed by atoms with Crippen LogP contribution in [0.1, 0.15) is 11.1 Å². The number of carbonyl (C=O) groups excluding carboxylic acids is 1. The van der Waals surface area contributed by atoms with Gasteiger partial charge in [0.2, 0.25) is 0 Å². The standard InChI is InChI=1S/C24H18BrCl2N3O3S2/c1-32-20-9-14(8-17(25)23(20)33-12-15-6-7-16(26)10-18(15)27)11-28-30-22(31)13-34-24-29-19-4-2-3-5-21(19)35-24/h2-11H,12-13H2,1H3,(H,30,31)/b28-11+. The Hall–Kier alpha value is -2.30. The van der Waals surface area contributed by atoms with Crippen molar-refractivity contribution in [3.05, 3.63) is 80.2 Å². The number of hydrazone groups is 1. The summed E-state index contributed by atoms with van der Waals surface area (Å²) >= 11 is 18.6. The maximum absolute atomic E-state index is 12.2. The van der Waals surface area contributed by atoms with Crippen molar-refractivity contribution in [2.45, 2.75) is 10.9 Å². The molecule has 0 aliphatic carbocycles. The number of benzene rings is 3. The van der Waals surface area contributed by atoms with E-state index in [0.29, 0.717) is 31.6 Å². The molecule has 4 rings (SSSR count). The summed E-state index contributed by atoms with van der Waals surface area (Å²) in [6, 6.07) is 16.7. The van der Waals surface area contributed by atoms with Crippen molar-refractivity contribution >= 4 is 84.6 Å². The molecule has 0 saturated heterocycles. The zero-order chi connectivity index (χ0) is 24.8. The number of hydrogen-bond acceptors (Lipinski definition) is 7. The number of carbonyl (C=O) groups is 1.